The third-order valence-corrected chi connectivity index (χ3v) is 4.33. The minimum absolute atomic E-state index is 0.394. The minimum atomic E-state index is 0.394. The van der Waals surface area contributed by atoms with Gasteiger partial charge in [0.1, 0.15) is 0 Å². The van der Waals surface area contributed by atoms with Crippen molar-refractivity contribution in [2.24, 2.45) is 0 Å². The Kier molecular flexibility index (Phi) is 4.45. The van der Waals surface area contributed by atoms with Crippen LogP contribution in [0, 0.1) is 0 Å². The quantitative estimate of drug-likeness (QED) is 0.795. The van der Waals surface area contributed by atoms with Crippen LogP contribution in [0.3, 0.4) is 0 Å². The molecule has 1 N–H and O–H groups in total. The van der Waals surface area contributed by atoms with Gasteiger partial charge in [0, 0.05) is 31.3 Å². The van der Waals surface area contributed by atoms with E-state index in [-0.39, 0.29) is 0 Å². The first-order chi connectivity index (χ1) is 8.09. The van der Waals surface area contributed by atoms with Gasteiger partial charge in [-0.2, -0.15) is 0 Å². The van der Waals surface area contributed by atoms with Gasteiger partial charge in [0.2, 0.25) is 0 Å². The minimum Gasteiger partial charge on any atom is -0.377 e. The summed E-state index contributed by atoms with van der Waals surface area (Å²) in [5.74, 6) is 0. The van der Waals surface area contributed by atoms with Gasteiger partial charge in [-0.1, -0.05) is 0 Å². The van der Waals surface area contributed by atoms with E-state index in [9.17, 15) is 0 Å². The smallest absolute Gasteiger partial charge is 0.0700 e. The maximum absolute atomic E-state index is 5.63. The Hall–Kier alpha value is -0.120. The van der Waals surface area contributed by atoms with Crippen molar-refractivity contribution in [2.75, 3.05) is 26.2 Å². The van der Waals surface area contributed by atoms with Crippen LogP contribution < -0.4 is 5.32 Å². The average molecular weight is 240 g/mol. The molecule has 0 aromatic carbocycles. The molecule has 17 heavy (non-hydrogen) atoms. The van der Waals surface area contributed by atoms with E-state index in [0.717, 1.165) is 19.7 Å². The molecule has 100 valence electrons. The molecule has 2 rings (SSSR count). The number of likely N-dealkylation sites (tertiary alicyclic amines) is 1. The van der Waals surface area contributed by atoms with Crippen molar-refractivity contribution >= 4 is 0 Å². The molecule has 0 aliphatic carbocycles. The first kappa shape index (κ1) is 13.3. The second-order valence-electron chi connectivity index (χ2n) is 6.25. The second kappa shape index (κ2) is 5.68. The third-order valence-electron chi connectivity index (χ3n) is 4.33. The van der Waals surface area contributed by atoms with Gasteiger partial charge < -0.3 is 10.1 Å². The van der Waals surface area contributed by atoms with E-state index in [4.69, 9.17) is 4.74 Å². The zero-order valence-electron chi connectivity index (χ0n) is 11.7. The van der Waals surface area contributed by atoms with Crippen molar-refractivity contribution in [1.29, 1.82) is 0 Å². The predicted molar refractivity (Wildman–Crippen MR) is 71.3 cm³/mol. The zero-order valence-corrected chi connectivity index (χ0v) is 11.7. The summed E-state index contributed by atoms with van der Waals surface area (Å²) >= 11 is 0. The van der Waals surface area contributed by atoms with Gasteiger partial charge in [0.25, 0.3) is 0 Å². The average Bonchev–Trinajstić information content (AvgIpc) is 2.87. The lowest BCUT2D eigenvalue weighted by Gasteiger charge is -2.37. The Morgan fingerprint density at radius 1 is 1.41 bits per heavy atom. The highest BCUT2D eigenvalue weighted by Crippen LogP contribution is 2.29. The molecule has 2 heterocycles. The fraction of sp³-hybridized carbons (Fsp3) is 1.00. The normalized spacial score (nSPS) is 30.9. The van der Waals surface area contributed by atoms with Crippen LogP contribution in [-0.2, 0) is 4.74 Å². The number of nitrogens with zero attached hydrogens (tertiary/aromatic N) is 1. The lowest BCUT2D eigenvalue weighted by molar-refractivity contribution is 0.0987. The van der Waals surface area contributed by atoms with Gasteiger partial charge in [-0.25, -0.2) is 0 Å². The molecule has 2 aliphatic heterocycles. The molecule has 3 nitrogen and oxygen atoms in total. The van der Waals surface area contributed by atoms with Crippen LogP contribution >= 0.6 is 0 Å². The highest BCUT2D eigenvalue weighted by atomic mass is 16.5. The van der Waals surface area contributed by atoms with Crippen LogP contribution in [0.4, 0.5) is 0 Å². The van der Waals surface area contributed by atoms with Crippen LogP contribution in [-0.4, -0.2) is 48.8 Å². The third kappa shape index (κ3) is 3.43. The molecule has 3 heteroatoms. The zero-order chi connectivity index (χ0) is 12.3. The summed E-state index contributed by atoms with van der Waals surface area (Å²) in [5.41, 5.74) is 0.394. The van der Waals surface area contributed by atoms with E-state index in [1.54, 1.807) is 0 Å². The van der Waals surface area contributed by atoms with Crippen LogP contribution in [0.2, 0.25) is 0 Å². The molecule has 0 spiro atoms. The molecule has 0 amide bonds. The number of rotatable bonds is 5. The Bertz CT molecular complexity index is 236. The molecule has 0 radical (unpaired) electrons. The van der Waals surface area contributed by atoms with Crippen molar-refractivity contribution in [1.82, 2.24) is 10.2 Å². The van der Waals surface area contributed by atoms with E-state index in [1.807, 2.05) is 0 Å². The predicted octanol–water partition coefficient (Wildman–Crippen LogP) is 2.02. The summed E-state index contributed by atoms with van der Waals surface area (Å²) in [4.78, 5) is 2.65. The van der Waals surface area contributed by atoms with E-state index in [0.29, 0.717) is 17.7 Å². The summed E-state index contributed by atoms with van der Waals surface area (Å²) < 4.78 is 5.63. The van der Waals surface area contributed by atoms with Crippen LogP contribution in [0.1, 0.15) is 46.5 Å². The number of ether oxygens (including phenoxy) is 1. The molecule has 0 saturated carbocycles. The maximum atomic E-state index is 5.63. The first-order valence-corrected chi connectivity index (χ1v) is 7.19. The van der Waals surface area contributed by atoms with Gasteiger partial charge in [-0.15, -0.1) is 0 Å². The highest BCUT2D eigenvalue weighted by molar-refractivity contribution is 4.91. The molecule has 0 bridgehead atoms. The molecule has 0 aromatic rings. The van der Waals surface area contributed by atoms with Crippen LogP contribution in [0.15, 0.2) is 0 Å². The number of hydrogen-bond acceptors (Lipinski definition) is 3. The summed E-state index contributed by atoms with van der Waals surface area (Å²) in [6.07, 6.45) is 5.62. The van der Waals surface area contributed by atoms with E-state index in [1.165, 1.54) is 32.2 Å². The molecule has 2 aliphatic rings. The maximum Gasteiger partial charge on any atom is 0.0700 e. The van der Waals surface area contributed by atoms with Gasteiger partial charge >= 0.3 is 0 Å². The van der Waals surface area contributed by atoms with Crippen molar-refractivity contribution in [2.45, 2.75) is 64.1 Å². The molecule has 0 aromatic heterocycles. The van der Waals surface area contributed by atoms with Crippen molar-refractivity contribution in [3.63, 3.8) is 0 Å². The fourth-order valence-electron chi connectivity index (χ4n) is 3.31. The highest BCUT2D eigenvalue weighted by Gasteiger charge is 2.34. The van der Waals surface area contributed by atoms with Crippen molar-refractivity contribution < 1.29 is 4.74 Å². The lowest BCUT2D eigenvalue weighted by Crippen LogP contribution is -2.48. The lowest BCUT2D eigenvalue weighted by atomic mass is 10.0. The SMILES string of the molecule is CC(CNCC1CCCO1)N1CCCC1(C)C. The Labute approximate surface area is 106 Å². The molecule has 2 fully saturated rings. The van der Waals surface area contributed by atoms with E-state index in [2.05, 4.69) is 31.0 Å². The second-order valence-corrected chi connectivity index (χ2v) is 6.25. The fourth-order valence-corrected chi connectivity index (χ4v) is 3.31. The van der Waals surface area contributed by atoms with Crippen LogP contribution in [0.25, 0.3) is 0 Å². The largest absolute Gasteiger partial charge is 0.377 e. The van der Waals surface area contributed by atoms with Crippen molar-refractivity contribution in [3.05, 3.63) is 0 Å². The Morgan fingerprint density at radius 2 is 2.24 bits per heavy atom. The molecular formula is C14H28N2O. The first-order valence-electron chi connectivity index (χ1n) is 7.19. The molecule has 2 atom stereocenters. The summed E-state index contributed by atoms with van der Waals surface area (Å²) in [7, 11) is 0. The van der Waals surface area contributed by atoms with Gasteiger partial charge in [0.05, 0.1) is 6.10 Å². The van der Waals surface area contributed by atoms with E-state index >= 15 is 0 Å². The summed E-state index contributed by atoms with van der Waals surface area (Å²) in [5, 5.41) is 3.58. The molecular weight excluding hydrogens is 212 g/mol. The van der Waals surface area contributed by atoms with Crippen molar-refractivity contribution in [3.8, 4) is 0 Å². The van der Waals surface area contributed by atoms with Gasteiger partial charge in [0.15, 0.2) is 0 Å². The molecule has 2 unspecified atom stereocenters. The number of nitrogens with one attached hydrogen (secondary N) is 1. The Balaban J connectivity index is 1.68. The monoisotopic (exact) mass is 240 g/mol. The van der Waals surface area contributed by atoms with E-state index < -0.39 is 0 Å². The standard InChI is InChI=1S/C14H28N2O/c1-12(16-8-5-7-14(16,2)3)10-15-11-13-6-4-9-17-13/h12-13,15H,4-11H2,1-3H3. The van der Waals surface area contributed by atoms with Crippen LogP contribution in [0.5, 0.6) is 0 Å². The van der Waals surface area contributed by atoms with Gasteiger partial charge in [-0.3, -0.25) is 4.90 Å². The Morgan fingerprint density at radius 3 is 2.82 bits per heavy atom. The van der Waals surface area contributed by atoms with Gasteiger partial charge in [-0.05, 0) is 53.0 Å². The summed E-state index contributed by atoms with van der Waals surface area (Å²) in [6.45, 7) is 11.4. The summed E-state index contributed by atoms with van der Waals surface area (Å²) in [6, 6.07) is 0.633. The number of hydrogen-bond donors (Lipinski definition) is 1. The topological polar surface area (TPSA) is 24.5 Å². The molecule has 2 saturated heterocycles.